The van der Waals surface area contributed by atoms with Gasteiger partial charge in [-0.3, -0.25) is 0 Å². The molecule has 0 saturated heterocycles. The molecule has 0 aliphatic rings. The second-order valence-electron chi connectivity index (χ2n) is 4.00. The molecule has 3 rings (SSSR count). The molecule has 0 fully saturated rings. The summed E-state index contributed by atoms with van der Waals surface area (Å²) in [5.74, 6) is 1.77. The van der Waals surface area contributed by atoms with E-state index in [1.807, 2.05) is 48.1 Å². The smallest absolute Gasteiger partial charge is 0.391 e. The van der Waals surface area contributed by atoms with Crippen LogP contribution >= 0.6 is 27.3 Å². The van der Waals surface area contributed by atoms with Gasteiger partial charge in [0.05, 0.1) is 0 Å². The van der Waals surface area contributed by atoms with Crippen LogP contribution in [0.4, 0.5) is 0 Å². The Morgan fingerprint density at radius 3 is 2.61 bits per heavy atom. The molecule has 0 aliphatic heterocycles. The first-order chi connectivity index (χ1) is 8.74. The van der Waals surface area contributed by atoms with Crippen molar-refractivity contribution in [1.29, 1.82) is 0 Å². The van der Waals surface area contributed by atoms with Crippen molar-refractivity contribution in [3.05, 3.63) is 52.4 Å². The third-order valence-corrected chi connectivity index (χ3v) is 4.09. The summed E-state index contributed by atoms with van der Waals surface area (Å²) in [4.78, 5) is 1.14. The van der Waals surface area contributed by atoms with Gasteiger partial charge in [0.1, 0.15) is 11.9 Å². The predicted molar refractivity (Wildman–Crippen MR) is 76.3 cm³/mol. The molecule has 2 nitrogen and oxygen atoms in total. The van der Waals surface area contributed by atoms with Crippen molar-refractivity contribution in [2.45, 2.75) is 0 Å². The van der Waals surface area contributed by atoms with Crippen LogP contribution in [0.1, 0.15) is 0 Å². The molecule has 0 unspecified atom stereocenters. The fourth-order valence-electron chi connectivity index (χ4n) is 1.81. The zero-order valence-electron chi connectivity index (χ0n) is 9.76. The van der Waals surface area contributed by atoms with Crippen LogP contribution in [-0.4, -0.2) is 0 Å². The van der Waals surface area contributed by atoms with Crippen molar-refractivity contribution in [3.8, 4) is 22.1 Å². The molecule has 18 heavy (non-hydrogen) atoms. The number of aromatic nitrogens is 1. The number of halogens is 1. The Balaban J connectivity index is 2.05. The van der Waals surface area contributed by atoms with E-state index in [9.17, 15) is 0 Å². The minimum atomic E-state index is 0.883. The van der Waals surface area contributed by atoms with E-state index in [0.717, 1.165) is 26.6 Å². The van der Waals surface area contributed by atoms with E-state index in [0.29, 0.717) is 0 Å². The predicted octanol–water partition coefficient (Wildman–Crippen LogP) is 4.26. The number of hydrogen-bond acceptors (Lipinski definition) is 2. The molecular weight excluding hydrogens is 310 g/mol. The quantitative estimate of drug-likeness (QED) is 0.645. The van der Waals surface area contributed by atoms with Gasteiger partial charge in [0.25, 0.3) is 0 Å². The lowest BCUT2D eigenvalue weighted by Gasteiger charge is -1.93. The number of thiophene rings is 1. The van der Waals surface area contributed by atoms with Crippen molar-refractivity contribution in [3.63, 3.8) is 0 Å². The molecule has 2 heterocycles. The molecular formula is C14H11BrNOS+. The first-order valence-corrected chi connectivity index (χ1v) is 7.20. The average molecular weight is 321 g/mol. The molecule has 3 aromatic rings. The van der Waals surface area contributed by atoms with Gasteiger partial charge in [-0.05, 0) is 35.7 Å². The number of nitrogens with zero attached hydrogens (tertiary/aromatic N) is 1. The summed E-state index contributed by atoms with van der Waals surface area (Å²) in [6, 6.07) is 12.2. The van der Waals surface area contributed by atoms with E-state index in [1.165, 1.54) is 0 Å². The summed E-state index contributed by atoms with van der Waals surface area (Å²) in [5, 5.41) is 2.05. The minimum absolute atomic E-state index is 0.883. The molecule has 0 amide bonds. The summed E-state index contributed by atoms with van der Waals surface area (Å²) in [6.07, 6.45) is 2.01. The maximum Gasteiger partial charge on any atom is 0.391 e. The maximum absolute atomic E-state index is 5.94. The molecule has 0 radical (unpaired) electrons. The monoisotopic (exact) mass is 320 g/mol. The lowest BCUT2D eigenvalue weighted by molar-refractivity contribution is -0.662. The summed E-state index contributed by atoms with van der Waals surface area (Å²) in [7, 11) is 2.00. The fourth-order valence-corrected chi connectivity index (χ4v) is 2.82. The molecule has 0 N–H and O–H groups in total. The van der Waals surface area contributed by atoms with Crippen molar-refractivity contribution < 1.29 is 8.98 Å². The number of oxazole rings is 1. The second-order valence-corrected chi connectivity index (χ2v) is 5.86. The Hall–Kier alpha value is -1.39. The van der Waals surface area contributed by atoms with Crippen LogP contribution in [0.3, 0.4) is 0 Å². The van der Waals surface area contributed by atoms with Gasteiger partial charge in [-0.15, -0.1) is 11.3 Å². The molecule has 1 aromatic carbocycles. The van der Waals surface area contributed by atoms with Crippen molar-refractivity contribution >= 4 is 27.3 Å². The zero-order valence-corrected chi connectivity index (χ0v) is 12.2. The third-order valence-electron chi connectivity index (χ3n) is 2.70. The van der Waals surface area contributed by atoms with E-state index in [4.69, 9.17) is 4.42 Å². The Morgan fingerprint density at radius 1 is 1.17 bits per heavy atom. The van der Waals surface area contributed by atoms with Gasteiger partial charge in [-0.25, -0.2) is 0 Å². The number of benzene rings is 1. The van der Waals surface area contributed by atoms with Crippen LogP contribution in [-0.2, 0) is 7.05 Å². The van der Waals surface area contributed by atoms with Gasteiger partial charge in [0, 0.05) is 10.0 Å². The summed E-state index contributed by atoms with van der Waals surface area (Å²) >= 11 is 5.11. The molecule has 0 atom stereocenters. The standard InChI is InChI=1S/C14H11BrNOS/c1-16-9-12(10-4-6-11(15)7-5-10)17-14(16)13-3-2-8-18-13/h2-9H,1H3/q+1. The SMILES string of the molecule is C[n+]1cc(-c2ccc(Br)cc2)oc1-c1cccs1. The van der Waals surface area contributed by atoms with Gasteiger partial charge < -0.3 is 4.42 Å². The van der Waals surface area contributed by atoms with E-state index >= 15 is 0 Å². The highest BCUT2D eigenvalue weighted by Gasteiger charge is 2.19. The summed E-state index contributed by atoms with van der Waals surface area (Å²) < 4.78 is 9.03. The topological polar surface area (TPSA) is 17.0 Å². The van der Waals surface area contributed by atoms with Gasteiger partial charge in [0.15, 0.2) is 0 Å². The van der Waals surface area contributed by atoms with Crippen LogP contribution in [0.25, 0.3) is 22.1 Å². The first kappa shape index (κ1) is 11.7. The van der Waals surface area contributed by atoms with Crippen molar-refractivity contribution in [2.24, 2.45) is 7.05 Å². The van der Waals surface area contributed by atoms with E-state index < -0.39 is 0 Å². The fraction of sp³-hybridized carbons (Fsp3) is 0.0714. The maximum atomic E-state index is 5.94. The highest BCUT2D eigenvalue weighted by atomic mass is 79.9. The second kappa shape index (κ2) is 4.71. The molecule has 0 aliphatic carbocycles. The van der Waals surface area contributed by atoms with Crippen LogP contribution in [0.2, 0.25) is 0 Å². The molecule has 4 heteroatoms. The van der Waals surface area contributed by atoms with E-state index in [1.54, 1.807) is 11.3 Å². The van der Waals surface area contributed by atoms with E-state index in [-0.39, 0.29) is 0 Å². The minimum Gasteiger partial charge on any atom is -0.397 e. The number of aryl methyl sites for hydroxylation is 1. The van der Waals surface area contributed by atoms with Crippen LogP contribution in [0.5, 0.6) is 0 Å². The zero-order chi connectivity index (χ0) is 12.5. The number of rotatable bonds is 2. The molecule has 90 valence electrons. The highest BCUT2D eigenvalue weighted by molar-refractivity contribution is 9.10. The molecule has 0 saturated carbocycles. The van der Waals surface area contributed by atoms with Gasteiger partial charge in [0.2, 0.25) is 12.0 Å². The molecule has 0 spiro atoms. The Bertz CT molecular complexity index is 656. The largest absolute Gasteiger partial charge is 0.397 e. The molecule has 0 bridgehead atoms. The third kappa shape index (κ3) is 2.13. The van der Waals surface area contributed by atoms with Gasteiger partial charge in [-0.2, -0.15) is 4.57 Å². The van der Waals surface area contributed by atoms with Crippen molar-refractivity contribution in [2.75, 3.05) is 0 Å². The van der Waals surface area contributed by atoms with Crippen LogP contribution in [0, 0.1) is 0 Å². The Labute approximate surface area is 118 Å². The summed E-state index contributed by atoms with van der Waals surface area (Å²) in [5.41, 5.74) is 1.08. The van der Waals surface area contributed by atoms with Crippen LogP contribution in [0.15, 0.2) is 56.9 Å². The lowest BCUT2D eigenvalue weighted by Crippen LogP contribution is -2.26. The Morgan fingerprint density at radius 2 is 1.94 bits per heavy atom. The Kier molecular flexibility index (Phi) is 3.06. The van der Waals surface area contributed by atoms with E-state index in [2.05, 4.69) is 27.4 Å². The average Bonchev–Trinajstić information content (AvgIpc) is 2.99. The first-order valence-electron chi connectivity index (χ1n) is 5.53. The number of hydrogen-bond donors (Lipinski definition) is 0. The molecule has 2 aromatic heterocycles. The van der Waals surface area contributed by atoms with Gasteiger partial charge >= 0.3 is 5.89 Å². The summed E-state index contributed by atoms with van der Waals surface area (Å²) in [6.45, 7) is 0. The highest BCUT2D eigenvalue weighted by Crippen LogP contribution is 2.27. The van der Waals surface area contributed by atoms with Crippen molar-refractivity contribution in [1.82, 2.24) is 0 Å². The van der Waals surface area contributed by atoms with Gasteiger partial charge in [-0.1, -0.05) is 22.0 Å². The van der Waals surface area contributed by atoms with Crippen LogP contribution < -0.4 is 4.57 Å². The normalized spacial score (nSPS) is 10.8. The lowest BCUT2D eigenvalue weighted by atomic mass is 10.2.